The number of thiazole rings is 1. The molecule has 1 amide bonds. The molecule has 0 saturated heterocycles. The summed E-state index contributed by atoms with van der Waals surface area (Å²) in [4.78, 5) is 17.2. The summed E-state index contributed by atoms with van der Waals surface area (Å²) >= 11 is 1.25. The number of hydrogen-bond acceptors (Lipinski definition) is 4. The monoisotopic (exact) mass is 369 g/mol. The minimum Gasteiger partial charge on any atom is -0.317 e. The molecule has 134 valence electrons. The number of aromatic nitrogens is 1. The Morgan fingerprint density at radius 2 is 2.04 bits per heavy atom. The number of nitrogens with zero attached hydrogens (tertiary/aromatic N) is 1. The van der Waals surface area contributed by atoms with Crippen molar-refractivity contribution in [2.45, 2.75) is 43.8 Å². The zero-order chi connectivity index (χ0) is 18.1. The Hall–Kier alpha value is -1.93. The lowest BCUT2D eigenvalue weighted by Crippen LogP contribution is -2.48. The van der Waals surface area contributed by atoms with Gasteiger partial charge in [-0.15, -0.1) is 11.3 Å². The van der Waals surface area contributed by atoms with E-state index < -0.39 is 17.3 Å². The molecule has 1 fully saturated rings. The summed E-state index contributed by atoms with van der Waals surface area (Å²) in [5, 5.41) is 3.15. The number of nitrogens with two attached hydrogens (primary N) is 1. The van der Waals surface area contributed by atoms with Crippen molar-refractivity contribution in [3.63, 3.8) is 0 Å². The fourth-order valence-corrected chi connectivity index (χ4v) is 3.80. The van der Waals surface area contributed by atoms with Gasteiger partial charge in [-0.1, -0.05) is 31.0 Å². The first kappa shape index (κ1) is 17.9. The highest BCUT2D eigenvalue weighted by Gasteiger charge is 2.37. The first-order valence-corrected chi connectivity index (χ1v) is 8.79. The summed E-state index contributed by atoms with van der Waals surface area (Å²) in [6.45, 7) is 0. The number of anilines is 1. The van der Waals surface area contributed by atoms with Crippen LogP contribution in [0.1, 0.15) is 41.7 Å². The van der Waals surface area contributed by atoms with E-state index in [4.69, 9.17) is 5.73 Å². The quantitative estimate of drug-likeness (QED) is 0.857. The molecule has 0 bridgehead atoms. The zero-order valence-corrected chi connectivity index (χ0v) is 14.2. The van der Waals surface area contributed by atoms with Gasteiger partial charge < -0.3 is 11.1 Å². The molecule has 1 aliphatic rings. The van der Waals surface area contributed by atoms with Gasteiger partial charge in [-0.2, -0.15) is 13.2 Å². The van der Waals surface area contributed by atoms with Crippen molar-refractivity contribution in [2.75, 3.05) is 5.32 Å². The topological polar surface area (TPSA) is 68.0 Å². The average Bonchev–Trinajstić information content (AvgIpc) is 3.17. The fourth-order valence-electron chi connectivity index (χ4n) is 2.96. The van der Waals surface area contributed by atoms with E-state index in [9.17, 15) is 18.0 Å². The SMILES string of the molecule is NC1(C(=O)Nc2ncc(Cc3cccc(C(F)(F)F)c3)s2)CCCC1. The van der Waals surface area contributed by atoms with Crippen LogP contribution >= 0.6 is 11.3 Å². The van der Waals surface area contributed by atoms with Crippen LogP contribution in [0.5, 0.6) is 0 Å². The predicted molar refractivity (Wildman–Crippen MR) is 90.4 cm³/mol. The third kappa shape index (κ3) is 4.19. The van der Waals surface area contributed by atoms with E-state index in [-0.39, 0.29) is 5.91 Å². The van der Waals surface area contributed by atoms with Crippen molar-refractivity contribution in [1.29, 1.82) is 0 Å². The molecule has 3 N–H and O–H groups in total. The van der Waals surface area contributed by atoms with Gasteiger partial charge in [0.15, 0.2) is 5.13 Å². The van der Waals surface area contributed by atoms with Crippen LogP contribution < -0.4 is 11.1 Å². The Labute approximate surface area is 147 Å². The fraction of sp³-hybridized carbons (Fsp3) is 0.412. The van der Waals surface area contributed by atoms with Crippen molar-refractivity contribution in [2.24, 2.45) is 5.73 Å². The maximum atomic E-state index is 12.8. The van der Waals surface area contributed by atoms with Crippen molar-refractivity contribution < 1.29 is 18.0 Å². The van der Waals surface area contributed by atoms with E-state index in [0.717, 1.165) is 29.9 Å². The Morgan fingerprint density at radius 1 is 1.32 bits per heavy atom. The summed E-state index contributed by atoms with van der Waals surface area (Å²) in [5.41, 5.74) is 5.13. The van der Waals surface area contributed by atoms with Gasteiger partial charge in [0, 0.05) is 17.5 Å². The molecule has 1 saturated carbocycles. The van der Waals surface area contributed by atoms with Gasteiger partial charge in [0.1, 0.15) is 0 Å². The molecule has 1 aromatic carbocycles. The number of nitrogens with one attached hydrogen (secondary N) is 1. The molecule has 0 aliphatic heterocycles. The van der Waals surface area contributed by atoms with Crippen LogP contribution in [0.25, 0.3) is 0 Å². The van der Waals surface area contributed by atoms with Crippen LogP contribution in [0.3, 0.4) is 0 Å². The molecule has 25 heavy (non-hydrogen) atoms. The third-order valence-corrected chi connectivity index (χ3v) is 5.27. The standard InChI is InChI=1S/C17H18F3N3OS/c18-17(19,20)12-5-3-4-11(8-12)9-13-10-22-15(25-13)23-14(24)16(21)6-1-2-7-16/h3-5,8,10H,1-2,6-7,9,21H2,(H,22,23,24). The molecular weight excluding hydrogens is 351 g/mol. The molecule has 1 aliphatic carbocycles. The van der Waals surface area contributed by atoms with Crippen molar-refractivity contribution in [3.8, 4) is 0 Å². The molecule has 0 radical (unpaired) electrons. The van der Waals surface area contributed by atoms with E-state index in [1.54, 1.807) is 12.3 Å². The van der Waals surface area contributed by atoms with Gasteiger partial charge in [0.05, 0.1) is 11.1 Å². The first-order chi connectivity index (χ1) is 11.8. The minimum absolute atomic E-state index is 0.245. The molecule has 0 unspecified atom stereocenters. The molecule has 8 heteroatoms. The smallest absolute Gasteiger partial charge is 0.317 e. The molecule has 0 spiro atoms. The largest absolute Gasteiger partial charge is 0.416 e. The number of alkyl halides is 3. The number of rotatable bonds is 4. The molecule has 2 aromatic rings. The average molecular weight is 369 g/mol. The van der Waals surface area contributed by atoms with Crippen molar-refractivity contribution in [1.82, 2.24) is 4.98 Å². The maximum absolute atomic E-state index is 12.8. The second kappa shape index (κ2) is 6.76. The minimum atomic E-state index is -4.36. The van der Waals surface area contributed by atoms with E-state index in [1.807, 2.05) is 0 Å². The van der Waals surface area contributed by atoms with E-state index in [1.165, 1.54) is 17.4 Å². The highest BCUT2D eigenvalue weighted by Crippen LogP contribution is 2.31. The summed E-state index contributed by atoms with van der Waals surface area (Å²) in [7, 11) is 0. The normalized spacial score (nSPS) is 16.8. The van der Waals surface area contributed by atoms with Gasteiger partial charge in [-0.05, 0) is 24.5 Å². The number of benzene rings is 1. The van der Waals surface area contributed by atoms with Gasteiger partial charge in [0.2, 0.25) is 5.91 Å². The second-order valence-electron chi connectivity index (χ2n) is 6.32. The van der Waals surface area contributed by atoms with Crippen LogP contribution in [0.4, 0.5) is 18.3 Å². The van der Waals surface area contributed by atoms with Gasteiger partial charge in [-0.25, -0.2) is 4.98 Å². The lowest BCUT2D eigenvalue weighted by Gasteiger charge is -2.21. The Kier molecular flexibility index (Phi) is 4.83. The molecular formula is C17H18F3N3OS. The van der Waals surface area contributed by atoms with Crippen LogP contribution in [-0.2, 0) is 17.4 Å². The van der Waals surface area contributed by atoms with E-state index in [2.05, 4.69) is 10.3 Å². The molecule has 1 aromatic heterocycles. The lowest BCUT2D eigenvalue weighted by atomic mass is 9.98. The Balaban J connectivity index is 1.67. The van der Waals surface area contributed by atoms with Gasteiger partial charge in [0.25, 0.3) is 0 Å². The number of amides is 1. The highest BCUT2D eigenvalue weighted by molar-refractivity contribution is 7.15. The maximum Gasteiger partial charge on any atom is 0.416 e. The Morgan fingerprint density at radius 3 is 2.72 bits per heavy atom. The number of carbonyl (C=O) groups excluding carboxylic acids is 1. The second-order valence-corrected chi connectivity index (χ2v) is 7.44. The van der Waals surface area contributed by atoms with E-state index >= 15 is 0 Å². The van der Waals surface area contributed by atoms with Crippen molar-refractivity contribution >= 4 is 22.4 Å². The van der Waals surface area contributed by atoms with Crippen LogP contribution in [0.15, 0.2) is 30.5 Å². The highest BCUT2D eigenvalue weighted by atomic mass is 32.1. The summed E-state index contributed by atoms with van der Waals surface area (Å²) in [6, 6.07) is 5.20. The van der Waals surface area contributed by atoms with Crippen LogP contribution in [0, 0.1) is 0 Å². The summed E-state index contributed by atoms with van der Waals surface area (Å²) < 4.78 is 38.3. The Bertz CT molecular complexity index is 766. The van der Waals surface area contributed by atoms with Crippen LogP contribution in [0.2, 0.25) is 0 Å². The predicted octanol–water partition coefficient (Wildman–Crippen LogP) is 3.96. The summed E-state index contributed by atoms with van der Waals surface area (Å²) in [5.74, 6) is -0.245. The van der Waals surface area contributed by atoms with E-state index in [0.29, 0.717) is 30.0 Å². The van der Waals surface area contributed by atoms with Gasteiger partial charge >= 0.3 is 6.18 Å². The van der Waals surface area contributed by atoms with Crippen molar-refractivity contribution in [3.05, 3.63) is 46.5 Å². The number of hydrogen-bond donors (Lipinski definition) is 2. The number of carbonyl (C=O) groups is 1. The van der Waals surface area contributed by atoms with Crippen LogP contribution in [-0.4, -0.2) is 16.4 Å². The molecule has 1 heterocycles. The number of halogens is 3. The van der Waals surface area contributed by atoms with Gasteiger partial charge in [-0.3, -0.25) is 4.79 Å². The molecule has 4 nitrogen and oxygen atoms in total. The first-order valence-electron chi connectivity index (χ1n) is 7.97. The lowest BCUT2D eigenvalue weighted by molar-refractivity contribution is -0.137. The zero-order valence-electron chi connectivity index (χ0n) is 13.4. The summed E-state index contributed by atoms with van der Waals surface area (Å²) in [6.07, 6.45) is 0.705. The molecule has 3 rings (SSSR count). The third-order valence-electron chi connectivity index (χ3n) is 4.35. The molecule has 0 atom stereocenters.